The van der Waals surface area contributed by atoms with Gasteiger partial charge in [-0.05, 0) is 12.5 Å². The van der Waals surface area contributed by atoms with E-state index in [0.717, 1.165) is 10.8 Å². The second-order valence-electron chi connectivity index (χ2n) is 2.33. The van der Waals surface area contributed by atoms with Crippen LogP contribution < -0.4 is 5.19 Å². The van der Waals surface area contributed by atoms with Crippen molar-refractivity contribution < 1.29 is 0 Å². The Labute approximate surface area is 65.0 Å². The normalized spacial score (nSPS) is 9.40. The largest absolute Gasteiger partial charge is 0.0955 e. The fraction of sp³-hybridized carbons (Fsp3) is 0.111. The number of hydrogen-bond donors (Lipinski definition) is 0. The van der Waals surface area contributed by atoms with Crippen molar-refractivity contribution in [2.75, 3.05) is 0 Å². The Morgan fingerprint density at radius 1 is 1.40 bits per heavy atom. The summed E-state index contributed by atoms with van der Waals surface area (Å²) in [7, 11) is 3.49. The SMILES string of the molecule is C=C(C)c1ccccc1[Si]. The van der Waals surface area contributed by atoms with E-state index in [9.17, 15) is 0 Å². The highest BCUT2D eigenvalue weighted by Gasteiger charge is 1.94. The zero-order valence-electron chi connectivity index (χ0n) is 6.02. The smallest absolute Gasteiger partial charge is 0.0720 e. The molecule has 1 aromatic rings. The van der Waals surface area contributed by atoms with Crippen molar-refractivity contribution in [2.45, 2.75) is 6.92 Å². The Morgan fingerprint density at radius 2 is 2.00 bits per heavy atom. The lowest BCUT2D eigenvalue weighted by Gasteiger charge is -2.01. The van der Waals surface area contributed by atoms with Crippen LogP contribution in [0.15, 0.2) is 30.8 Å². The molecule has 0 aliphatic carbocycles. The maximum atomic E-state index is 3.86. The van der Waals surface area contributed by atoms with Gasteiger partial charge in [-0.3, -0.25) is 0 Å². The first-order valence-electron chi connectivity index (χ1n) is 3.18. The highest BCUT2D eigenvalue weighted by Crippen LogP contribution is 2.05. The monoisotopic (exact) mass is 145 g/mol. The van der Waals surface area contributed by atoms with Crippen LogP contribution in [0, 0.1) is 0 Å². The van der Waals surface area contributed by atoms with Crippen LogP contribution in [0.1, 0.15) is 12.5 Å². The van der Waals surface area contributed by atoms with Gasteiger partial charge in [0.15, 0.2) is 0 Å². The van der Waals surface area contributed by atoms with Crippen LogP contribution in [0.25, 0.3) is 5.57 Å². The zero-order chi connectivity index (χ0) is 7.56. The van der Waals surface area contributed by atoms with E-state index in [0.29, 0.717) is 0 Å². The molecule has 1 rings (SSSR count). The molecule has 0 amide bonds. The Kier molecular flexibility index (Phi) is 2.07. The summed E-state index contributed by atoms with van der Waals surface area (Å²) >= 11 is 0. The molecule has 0 heterocycles. The Balaban J connectivity index is 3.15. The van der Waals surface area contributed by atoms with Gasteiger partial charge in [0.25, 0.3) is 0 Å². The van der Waals surface area contributed by atoms with Crippen molar-refractivity contribution in [1.82, 2.24) is 0 Å². The molecule has 1 aromatic carbocycles. The molecule has 10 heavy (non-hydrogen) atoms. The molecule has 0 unspecified atom stereocenters. The van der Waals surface area contributed by atoms with E-state index < -0.39 is 0 Å². The molecule has 0 N–H and O–H groups in total. The predicted molar refractivity (Wildman–Crippen MR) is 46.5 cm³/mol. The van der Waals surface area contributed by atoms with Crippen molar-refractivity contribution in [3.63, 3.8) is 0 Å². The number of rotatable bonds is 1. The second-order valence-corrected chi connectivity index (χ2v) is 2.86. The van der Waals surface area contributed by atoms with Crippen molar-refractivity contribution >= 4 is 21.0 Å². The molecule has 0 fully saturated rings. The van der Waals surface area contributed by atoms with E-state index >= 15 is 0 Å². The molecule has 0 nitrogen and oxygen atoms in total. The lowest BCUT2D eigenvalue weighted by molar-refractivity contribution is 1.63. The molecule has 49 valence electrons. The maximum Gasteiger partial charge on any atom is 0.0720 e. The molecule has 3 radical (unpaired) electrons. The van der Waals surface area contributed by atoms with Crippen LogP contribution in [0.5, 0.6) is 0 Å². The van der Waals surface area contributed by atoms with Crippen molar-refractivity contribution in [2.24, 2.45) is 0 Å². The Hall–Kier alpha value is -0.823. The van der Waals surface area contributed by atoms with Gasteiger partial charge in [0, 0.05) is 0 Å². The van der Waals surface area contributed by atoms with Gasteiger partial charge in [-0.2, -0.15) is 0 Å². The molecule has 1 heteroatoms. The van der Waals surface area contributed by atoms with Gasteiger partial charge in [-0.1, -0.05) is 41.6 Å². The molecule has 0 aliphatic rings. The van der Waals surface area contributed by atoms with Crippen molar-refractivity contribution in [1.29, 1.82) is 0 Å². The third kappa shape index (κ3) is 1.36. The van der Waals surface area contributed by atoms with Gasteiger partial charge in [-0.25, -0.2) is 0 Å². The standard InChI is InChI=1S/C9H9Si/c1-7(2)8-5-3-4-6-9(8)10/h3-6H,1H2,2H3. The van der Waals surface area contributed by atoms with Crippen LogP contribution in [0.2, 0.25) is 0 Å². The lowest BCUT2D eigenvalue weighted by atomic mass is 10.1. The van der Waals surface area contributed by atoms with E-state index in [4.69, 9.17) is 0 Å². The highest BCUT2D eigenvalue weighted by molar-refractivity contribution is 6.34. The van der Waals surface area contributed by atoms with Gasteiger partial charge < -0.3 is 0 Å². The molecule has 0 aromatic heterocycles. The summed E-state index contributed by atoms with van der Waals surface area (Å²) in [6, 6.07) is 8.06. The molecular weight excluding hydrogens is 136 g/mol. The molecule has 0 spiro atoms. The van der Waals surface area contributed by atoms with Crippen LogP contribution in [0.3, 0.4) is 0 Å². The van der Waals surface area contributed by atoms with Crippen molar-refractivity contribution in [3.05, 3.63) is 36.4 Å². The molecule has 0 saturated carbocycles. The van der Waals surface area contributed by atoms with E-state index in [1.807, 2.05) is 31.2 Å². The summed E-state index contributed by atoms with van der Waals surface area (Å²) in [5.41, 5.74) is 2.27. The van der Waals surface area contributed by atoms with E-state index in [1.54, 1.807) is 0 Å². The minimum Gasteiger partial charge on any atom is -0.0955 e. The van der Waals surface area contributed by atoms with E-state index in [1.165, 1.54) is 5.56 Å². The average molecular weight is 145 g/mol. The van der Waals surface area contributed by atoms with Crippen LogP contribution in [-0.2, 0) is 0 Å². The summed E-state index contributed by atoms with van der Waals surface area (Å²) < 4.78 is 0. The first-order valence-corrected chi connectivity index (χ1v) is 3.68. The lowest BCUT2D eigenvalue weighted by Crippen LogP contribution is -2.06. The summed E-state index contributed by atoms with van der Waals surface area (Å²) in [6.07, 6.45) is 0. The number of allylic oxidation sites excluding steroid dienone is 1. The number of hydrogen-bond acceptors (Lipinski definition) is 0. The minimum absolute atomic E-state index is 1.09. The van der Waals surface area contributed by atoms with Gasteiger partial charge in [0.2, 0.25) is 0 Å². The molecule has 0 saturated heterocycles. The second kappa shape index (κ2) is 2.84. The number of benzene rings is 1. The zero-order valence-corrected chi connectivity index (χ0v) is 7.02. The highest BCUT2D eigenvalue weighted by atomic mass is 28.1. The van der Waals surface area contributed by atoms with Gasteiger partial charge in [0.05, 0.1) is 10.2 Å². The molecule has 0 atom stereocenters. The predicted octanol–water partition coefficient (Wildman–Crippen LogP) is 1.51. The average Bonchev–Trinajstić information content (AvgIpc) is 1.88. The Morgan fingerprint density at radius 3 is 2.40 bits per heavy atom. The van der Waals surface area contributed by atoms with Crippen LogP contribution >= 0.6 is 0 Å². The topological polar surface area (TPSA) is 0 Å². The molecular formula is C9H9Si. The first kappa shape index (κ1) is 7.29. The maximum absolute atomic E-state index is 3.86. The summed E-state index contributed by atoms with van der Waals surface area (Å²) in [5, 5.41) is 1.11. The quantitative estimate of drug-likeness (QED) is 0.525. The molecule has 0 bridgehead atoms. The summed E-state index contributed by atoms with van der Waals surface area (Å²) in [5.74, 6) is 0. The van der Waals surface area contributed by atoms with Crippen molar-refractivity contribution in [3.8, 4) is 0 Å². The summed E-state index contributed by atoms with van der Waals surface area (Å²) in [6.45, 7) is 5.85. The van der Waals surface area contributed by atoms with E-state index in [2.05, 4.69) is 16.8 Å². The van der Waals surface area contributed by atoms with Gasteiger partial charge >= 0.3 is 0 Å². The van der Waals surface area contributed by atoms with Gasteiger partial charge in [0.1, 0.15) is 0 Å². The fourth-order valence-electron chi connectivity index (χ4n) is 0.855. The summed E-state index contributed by atoms with van der Waals surface area (Å²) in [4.78, 5) is 0. The van der Waals surface area contributed by atoms with Crippen LogP contribution in [0.4, 0.5) is 0 Å². The first-order chi connectivity index (χ1) is 4.72. The van der Waals surface area contributed by atoms with E-state index in [-0.39, 0.29) is 0 Å². The molecule has 0 aliphatic heterocycles. The third-order valence-electron chi connectivity index (χ3n) is 1.39. The minimum atomic E-state index is 1.09. The van der Waals surface area contributed by atoms with Crippen LogP contribution in [-0.4, -0.2) is 10.2 Å². The Bertz CT molecular complexity index is 251. The van der Waals surface area contributed by atoms with Gasteiger partial charge in [-0.15, -0.1) is 0 Å². The fourth-order valence-corrected chi connectivity index (χ4v) is 1.25. The third-order valence-corrected chi connectivity index (χ3v) is 1.82.